The number of amides is 4. The third-order valence-electron chi connectivity index (χ3n) is 5.29. The molecule has 1 aliphatic rings. The Labute approximate surface area is 188 Å². The molecule has 0 atom stereocenters. The second kappa shape index (κ2) is 8.00. The zero-order chi connectivity index (χ0) is 22.3. The summed E-state index contributed by atoms with van der Waals surface area (Å²) in [5.41, 5.74) is 4.66. The molecule has 1 N–H and O–H groups in total. The number of anilines is 1. The van der Waals surface area contributed by atoms with Gasteiger partial charge >= 0.3 is 6.03 Å². The van der Waals surface area contributed by atoms with Gasteiger partial charge in [0.15, 0.2) is 0 Å². The zero-order valence-electron chi connectivity index (χ0n) is 17.3. The molecule has 3 aromatic rings. The van der Waals surface area contributed by atoms with Crippen molar-refractivity contribution in [1.29, 1.82) is 0 Å². The minimum absolute atomic E-state index is 0.0877. The summed E-state index contributed by atoms with van der Waals surface area (Å²) in [7, 11) is 0. The number of benzene rings is 2. The number of hydrogen-bond acceptors (Lipinski definition) is 3. The van der Waals surface area contributed by atoms with E-state index in [2.05, 4.69) is 25.8 Å². The number of para-hydroxylation sites is 1. The van der Waals surface area contributed by atoms with Gasteiger partial charge in [-0.1, -0.05) is 34.1 Å². The maximum absolute atomic E-state index is 13.2. The highest BCUT2D eigenvalue weighted by atomic mass is 79.9. The van der Waals surface area contributed by atoms with Crippen LogP contribution in [0.15, 0.2) is 64.6 Å². The molecule has 0 bridgehead atoms. The Morgan fingerprint density at radius 1 is 0.935 bits per heavy atom. The fourth-order valence-electron chi connectivity index (χ4n) is 3.81. The lowest BCUT2D eigenvalue weighted by Gasteiger charge is -2.27. The largest absolute Gasteiger partial charge is 0.335 e. The smallest absolute Gasteiger partial charge is 0.318 e. The van der Waals surface area contributed by atoms with E-state index in [1.54, 1.807) is 25.1 Å². The van der Waals surface area contributed by atoms with Gasteiger partial charge in [-0.15, -0.1) is 0 Å². The predicted molar refractivity (Wildman–Crippen MR) is 123 cm³/mol. The summed E-state index contributed by atoms with van der Waals surface area (Å²) < 4.78 is 2.89. The number of halogens is 1. The van der Waals surface area contributed by atoms with Crippen molar-refractivity contribution in [2.75, 3.05) is 4.90 Å². The van der Waals surface area contributed by atoms with Crippen LogP contribution in [0.5, 0.6) is 0 Å². The average molecular weight is 478 g/mol. The Morgan fingerprint density at radius 3 is 2.32 bits per heavy atom. The van der Waals surface area contributed by atoms with Crippen molar-refractivity contribution in [3.63, 3.8) is 0 Å². The first kappa shape index (κ1) is 20.8. The van der Waals surface area contributed by atoms with Gasteiger partial charge in [0, 0.05) is 21.5 Å². The van der Waals surface area contributed by atoms with Crippen LogP contribution in [0.1, 0.15) is 22.5 Å². The maximum Gasteiger partial charge on any atom is 0.335 e. The van der Waals surface area contributed by atoms with Crippen LogP contribution in [-0.4, -0.2) is 22.4 Å². The Balaban J connectivity index is 1.78. The van der Waals surface area contributed by atoms with E-state index in [9.17, 15) is 14.4 Å². The molecule has 1 aromatic heterocycles. The molecule has 0 spiro atoms. The van der Waals surface area contributed by atoms with Crippen LogP contribution in [0.25, 0.3) is 11.8 Å². The molecule has 2 aromatic carbocycles. The number of urea groups is 1. The number of aryl methyl sites for hydroxylation is 2. The number of nitrogens with one attached hydrogen (secondary N) is 1. The number of carbonyl (C=O) groups is 3. The first-order valence-electron chi connectivity index (χ1n) is 9.70. The lowest BCUT2D eigenvalue weighted by molar-refractivity contribution is -0.122. The van der Waals surface area contributed by atoms with Crippen LogP contribution in [0.2, 0.25) is 0 Å². The number of aromatic nitrogens is 1. The number of rotatable bonds is 3. The summed E-state index contributed by atoms with van der Waals surface area (Å²) in [4.78, 5) is 39.3. The van der Waals surface area contributed by atoms with Crippen LogP contribution >= 0.6 is 15.9 Å². The van der Waals surface area contributed by atoms with Gasteiger partial charge in [-0.05, 0) is 74.4 Å². The van der Waals surface area contributed by atoms with Gasteiger partial charge in [0.05, 0.1) is 5.69 Å². The van der Waals surface area contributed by atoms with E-state index in [4.69, 9.17) is 0 Å². The van der Waals surface area contributed by atoms with Gasteiger partial charge in [-0.2, -0.15) is 0 Å². The summed E-state index contributed by atoms with van der Waals surface area (Å²) in [6, 6.07) is 16.2. The molecule has 156 valence electrons. The van der Waals surface area contributed by atoms with Crippen molar-refractivity contribution < 1.29 is 14.4 Å². The molecular formula is C24H20BrN3O3. The Kier molecular flexibility index (Phi) is 5.37. The molecule has 1 saturated heterocycles. The quantitative estimate of drug-likeness (QED) is 0.433. The van der Waals surface area contributed by atoms with Crippen LogP contribution < -0.4 is 10.2 Å². The van der Waals surface area contributed by atoms with Crippen molar-refractivity contribution in [1.82, 2.24) is 9.88 Å². The molecule has 31 heavy (non-hydrogen) atoms. The molecule has 4 rings (SSSR count). The summed E-state index contributed by atoms with van der Waals surface area (Å²) in [6.45, 7) is 5.69. The SMILES string of the molecule is Cc1cc(Br)ccc1N1C(=O)NC(=O)/C(=C\c2cc(C)n(-c3ccccc3)c2C)C1=O. The third-order valence-corrected chi connectivity index (χ3v) is 5.78. The van der Waals surface area contributed by atoms with E-state index in [1.165, 1.54) is 0 Å². The second-order valence-corrected chi connectivity index (χ2v) is 8.30. The van der Waals surface area contributed by atoms with Crippen LogP contribution in [-0.2, 0) is 9.59 Å². The third kappa shape index (κ3) is 3.72. The van der Waals surface area contributed by atoms with E-state index < -0.39 is 17.8 Å². The molecule has 1 aliphatic heterocycles. The van der Waals surface area contributed by atoms with E-state index in [-0.39, 0.29) is 5.57 Å². The molecule has 1 fully saturated rings. The number of imide groups is 2. The van der Waals surface area contributed by atoms with E-state index in [0.717, 1.165) is 37.6 Å². The normalized spacial score (nSPS) is 15.5. The zero-order valence-corrected chi connectivity index (χ0v) is 18.9. The van der Waals surface area contributed by atoms with Crippen molar-refractivity contribution >= 4 is 45.5 Å². The van der Waals surface area contributed by atoms with Gasteiger partial charge in [0.2, 0.25) is 0 Å². The molecule has 4 amide bonds. The fraction of sp³-hybridized carbons (Fsp3) is 0.125. The van der Waals surface area contributed by atoms with Gasteiger partial charge in [0.25, 0.3) is 11.8 Å². The minimum Gasteiger partial charge on any atom is -0.318 e. The van der Waals surface area contributed by atoms with Crippen LogP contribution in [0, 0.1) is 20.8 Å². The average Bonchev–Trinajstić information content (AvgIpc) is 3.00. The highest BCUT2D eigenvalue weighted by molar-refractivity contribution is 9.10. The Bertz CT molecular complexity index is 1260. The van der Waals surface area contributed by atoms with Crippen LogP contribution in [0.3, 0.4) is 0 Å². The molecule has 2 heterocycles. The molecule has 0 unspecified atom stereocenters. The topological polar surface area (TPSA) is 71.4 Å². The van der Waals surface area contributed by atoms with Crippen molar-refractivity contribution in [2.24, 2.45) is 0 Å². The standard InChI is InChI=1S/C24H20BrN3O3/c1-14-11-18(25)9-10-21(14)28-23(30)20(22(29)26-24(28)31)13-17-12-15(2)27(16(17)3)19-7-5-4-6-8-19/h4-13H,1-3H3,(H,26,29,31)/b20-13+. The number of carbonyl (C=O) groups excluding carboxylic acids is 3. The number of barbiturate groups is 1. The number of hydrogen-bond donors (Lipinski definition) is 1. The van der Waals surface area contributed by atoms with Crippen molar-refractivity contribution in [3.8, 4) is 5.69 Å². The van der Waals surface area contributed by atoms with Gasteiger partial charge in [-0.3, -0.25) is 14.9 Å². The minimum atomic E-state index is -0.757. The molecule has 0 radical (unpaired) electrons. The molecular weight excluding hydrogens is 458 g/mol. The molecule has 0 saturated carbocycles. The van der Waals surface area contributed by atoms with E-state index in [0.29, 0.717) is 5.69 Å². The van der Waals surface area contributed by atoms with Crippen molar-refractivity contribution in [2.45, 2.75) is 20.8 Å². The summed E-state index contributed by atoms with van der Waals surface area (Å²) in [6.07, 6.45) is 1.55. The highest BCUT2D eigenvalue weighted by Gasteiger charge is 2.37. The molecule has 6 nitrogen and oxygen atoms in total. The summed E-state index contributed by atoms with van der Waals surface area (Å²) in [5.74, 6) is -1.35. The molecule has 7 heteroatoms. The van der Waals surface area contributed by atoms with Crippen molar-refractivity contribution in [3.05, 3.63) is 87.2 Å². The lowest BCUT2D eigenvalue weighted by atomic mass is 10.1. The molecule has 0 aliphatic carbocycles. The first-order valence-corrected chi connectivity index (χ1v) is 10.5. The van der Waals surface area contributed by atoms with Gasteiger partial charge in [-0.25, -0.2) is 9.69 Å². The Morgan fingerprint density at radius 2 is 1.65 bits per heavy atom. The van der Waals surface area contributed by atoms with E-state index in [1.807, 2.05) is 56.3 Å². The first-order chi connectivity index (χ1) is 14.8. The maximum atomic E-state index is 13.2. The van der Waals surface area contributed by atoms with Gasteiger partial charge in [0.1, 0.15) is 5.57 Å². The van der Waals surface area contributed by atoms with Crippen LogP contribution in [0.4, 0.5) is 10.5 Å². The summed E-state index contributed by atoms with van der Waals surface area (Å²) in [5, 5.41) is 2.28. The number of nitrogens with zero attached hydrogens (tertiary/aromatic N) is 2. The summed E-state index contributed by atoms with van der Waals surface area (Å²) >= 11 is 3.38. The van der Waals surface area contributed by atoms with Gasteiger partial charge < -0.3 is 4.57 Å². The fourth-order valence-corrected chi connectivity index (χ4v) is 4.29. The predicted octanol–water partition coefficient (Wildman–Crippen LogP) is 4.83. The van der Waals surface area contributed by atoms with E-state index >= 15 is 0 Å². The monoisotopic (exact) mass is 477 g/mol. The second-order valence-electron chi connectivity index (χ2n) is 7.39. The highest BCUT2D eigenvalue weighted by Crippen LogP contribution is 2.29. The lowest BCUT2D eigenvalue weighted by Crippen LogP contribution is -2.54. The Hall–Kier alpha value is -3.45.